The van der Waals surface area contributed by atoms with Crippen LogP contribution in [-0.2, 0) is 0 Å². The predicted octanol–water partition coefficient (Wildman–Crippen LogP) is 4.69. The Labute approximate surface area is 115 Å². The summed E-state index contributed by atoms with van der Waals surface area (Å²) in [5.74, 6) is 2.15. The monoisotopic (exact) mass is 280 g/mol. The van der Waals surface area contributed by atoms with Crippen molar-refractivity contribution < 1.29 is 9.47 Å². The van der Waals surface area contributed by atoms with E-state index in [0.717, 1.165) is 17.1 Å². The van der Waals surface area contributed by atoms with Crippen LogP contribution in [0.1, 0.15) is 6.42 Å². The zero-order valence-corrected chi connectivity index (χ0v) is 11.5. The van der Waals surface area contributed by atoms with Crippen LogP contribution in [0.15, 0.2) is 59.2 Å². The van der Waals surface area contributed by atoms with Gasteiger partial charge in [0.1, 0.15) is 5.76 Å². The number of ether oxygens (including phenoxy) is 2. The first kappa shape index (κ1) is 13.1. The minimum absolute atomic E-state index is 0.691. The first-order valence-electron chi connectivity index (χ1n) is 5.50. The summed E-state index contributed by atoms with van der Waals surface area (Å²) in [5.41, 5.74) is 0. The highest BCUT2D eigenvalue weighted by Gasteiger charge is 2.07. The first-order chi connectivity index (χ1) is 8.83. The second kappa shape index (κ2) is 6.57. The Bertz CT molecular complexity index is 506. The van der Waals surface area contributed by atoms with E-state index in [1.165, 1.54) is 11.0 Å². The Balaban J connectivity index is 2.22. The number of benzene rings is 1. The molecule has 1 aliphatic carbocycles. The summed E-state index contributed by atoms with van der Waals surface area (Å²) in [6, 6.07) is 7.55. The van der Waals surface area contributed by atoms with Crippen LogP contribution < -0.4 is 9.47 Å². The molecule has 0 atom stereocenters. The lowest BCUT2D eigenvalue weighted by molar-refractivity contribution is 0.367. The van der Waals surface area contributed by atoms with Crippen molar-refractivity contribution in [2.75, 3.05) is 7.11 Å². The number of hydrogen-bond donors (Lipinski definition) is 0. The number of para-hydroxylation sites is 2. The largest absolute Gasteiger partial charge is 0.493 e. The van der Waals surface area contributed by atoms with Gasteiger partial charge in [-0.05, 0) is 52.4 Å². The van der Waals surface area contributed by atoms with Gasteiger partial charge in [0.05, 0.1) is 7.11 Å². The lowest BCUT2D eigenvalue weighted by Gasteiger charge is -2.10. The first-order valence-corrected chi connectivity index (χ1v) is 7.14. The molecule has 0 unspecified atom stereocenters. The molecule has 0 heterocycles. The van der Waals surface area contributed by atoms with Crippen molar-refractivity contribution in [3.63, 3.8) is 0 Å². The maximum atomic E-state index is 5.83. The number of allylic oxidation sites excluding steroid dienone is 5. The van der Waals surface area contributed by atoms with Crippen LogP contribution in [0.3, 0.4) is 0 Å². The van der Waals surface area contributed by atoms with Crippen molar-refractivity contribution >= 4 is 21.7 Å². The molecule has 0 aromatic heterocycles. The fourth-order valence-corrected chi connectivity index (χ4v) is 2.20. The van der Waals surface area contributed by atoms with Crippen molar-refractivity contribution in [3.05, 3.63) is 59.2 Å². The van der Waals surface area contributed by atoms with Gasteiger partial charge in [-0.25, -0.2) is 0 Å². The van der Waals surface area contributed by atoms with Gasteiger partial charge in [-0.3, -0.25) is 0 Å². The van der Waals surface area contributed by atoms with Gasteiger partial charge in [-0.15, -0.1) is 0 Å². The van der Waals surface area contributed by atoms with Gasteiger partial charge < -0.3 is 9.47 Å². The molecule has 18 heavy (non-hydrogen) atoms. The molecule has 1 aromatic rings. The van der Waals surface area contributed by atoms with Crippen molar-refractivity contribution in [1.29, 1.82) is 0 Å². The van der Waals surface area contributed by atoms with E-state index < -0.39 is 0 Å². The van der Waals surface area contributed by atoms with Crippen molar-refractivity contribution in [2.45, 2.75) is 6.42 Å². The molecule has 2 nitrogen and oxygen atoms in total. The van der Waals surface area contributed by atoms with Crippen LogP contribution in [-0.4, -0.2) is 7.11 Å². The summed E-state index contributed by atoms with van der Waals surface area (Å²) in [4.78, 5) is 1.05. The molecule has 0 saturated carbocycles. The van der Waals surface area contributed by atoms with E-state index in [1.54, 1.807) is 7.11 Å². The van der Waals surface area contributed by atoms with Crippen molar-refractivity contribution in [3.8, 4) is 11.5 Å². The van der Waals surface area contributed by atoms with E-state index in [-0.39, 0.29) is 0 Å². The molecule has 0 saturated heterocycles. The Hall–Kier alpha value is -1.32. The third kappa shape index (κ3) is 3.34. The number of hydrogen-bond acceptors (Lipinski definition) is 3. The Morgan fingerprint density at radius 2 is 2.00 bits per heavy atom. The van der Waals surface area contributed by atoms with Crippen LogP contribution in [0.2, 0.25) is 0 Å². The summed E-state index contributed by atoms with van der Waals surface area (Å²) in [6.45, 7) is 0. The smallest absolute Gasteiger partial charge is 0.169 e. The van der Waals surface area contributed by atoms with Crippen molar-refractivity contribution in [1.82, 2.24) is 0 Å². The molecule has 1 aliphatic rings. The maximum Gasteiger partial charge on any atom is 0.169 e. The molecule has 0 amide bonds. The van der Waals surface area contributed by atoms with E-state index in [9.17, 15) is 0 Å². The molecule has 4 heteroatoms. The summed E-state index contributed by atoms with van der Waals surface area (Å²) in [7, 11) is 8.62. The molecular formula is C14H13ClO2S. The minimum atomic E-state index is 0.691. The van der Waals surface area contributed by atoms with Gasteiger partial charge in [0, 0.05) is 4.91 Å². The molecule has 1 aromatic carbocycles. The van der Waals surface area contributed by atoms with Gasteiger partial charge in [0.25, 0.3) is 0 Å². The summed E-state index contributed by atoms with van der Waals surface area (Å²) in [6.07, 6.45) is 8.67. The summed E-state index contributed by atoms with van der Waals surface area (Å²) < 4.78 is 11.1. The third-order valence-corrected chi connectivity index (χ3v) is 3.49. The van der Waals surface area contributed by atoms with Gasteiger partial charge in [-0.1, -0.05) is 24.3 Å². The normalized spacial score (nSPS) is 14.6. The Kier molecular flexibility index (Phi) is 4.79. The Morgan fingerprint density at radius 3 is 2.72 bits per heavy atom. The van der Waals surface area contributed by atoms with Crippen molar-refractivity contribution in [2.24, 2.45) is 0 Å². The Morgan fingerprint density at radius 1 is 1.22 bits per heavy atom. The molecule has 0 aliphatic heterocycles. The molecule has 0 spiro atoms. The average Bonchev–Trinajstić information content (AvgIpc) is 2.64. The van der Waals surface area contributed by atoms with Gasteiger partial charge in [0.15, 0.2) is 11.5 Å². The average molecular weight is 281 g/mol. The number of rotatable bonds is 4. The topological polar surface area (TPSA) is 18.5 Å². The van der Waals surface area contributed by atoms with Crippen LogP contribution in [0.4, 0.5) is 0 Å². The number of halogens is 1. The SMILES string of the molecule is COc1ccccc1OC1=CC=CCC(SCl)=C1. The number of methoxy groups -OCH3 is 1. The highest BCUT2D eigenvalue weighted by Crippen LogP contribution is 2.31. The molecule has 0 radical (unpaired) electrons. The van der Waals surface area contributed by atoms with E-state index in [0.29, 0.717) is 11.5 Å². The zero-order chi connectivity index (χ0) is 12.8. The van der Waals surface area contributed by atoms with Crippen LogP contribution in [0.5, 0.6) is 11.5 Å². The summed E-state index contributed by atoms with van der Waals surface area (Å²) >= 11 is 0. The molecule has 2 rings (SSSR count). The molecular weight excluding hydrogens is 268 g/mol. The van der Waals surface area contributed by atoms with Gasteiger partial charge in [-0.2, -0.15) is 0 Å². The van der Waals surface area contributed by atoms with E-state index in [1.807, 2.05) is 48.6 Å². The summed E-state index contributed by atoms with van der Waals surface area (Å²) in [5, 5.41) is 0. The molecule has 0 fully saturated rings. The quantitative estimate of drug-likeness (QED) is 0.797. The molecule has 0 N–H and O–H groups in total. The highest BCUT2D eigenvalue weighted by molar-refractivity contribution is 8.24. The lowest BCUT2D eigenvalue weighted by Crippen LogP contribution is -1.95. The molecule has 0 bridgehead atoms. The maximum absolute atomic E-state index is 5.83. The molecule has 94 valence electrons. The van der Waals surface area contributed by atoms with Crippen LogP contribution >= 0.6 is 21.7 Å². The van der Waals surface area contributed by atoms with E-state index in [2.05, 4.69) is 0 Å². The van der Waals surface area contributed by atoms with Crippen LogP contribution in [0, 0.1) is 0 Å². The van der Waals surface area contributed by atoms with Gasteiger partial charge >= 0.3 is 0 Å². The van der Waals surface area contributed by atoms with E-state index in [4.69, 9.17) is 20.2 Å². The standard InChI is InChI=1S/C14H13ClO2S/c1-16-13-8-4-5-9-14(13)17-11-6-2-3-7-12(10-11)18-15/h2-6,8-10H,7H2,1H3. The fraction of sp³-hybridized carbons (Fsp3) is 0.143. The predicted molar refractivity (Wildman–Crippen MR) is 77.0 cm³/mol. The van der Waals surface area contributed by atoms with Crippen LogP contribution in [0.25, 0.3) is 0 Å². The second-order valence-corrected chi connectivity index (χ2v) is 4.78. The van der Waals surface area contributed by atoms with Gasteiger partial charge in [0.2, 0.25) is 0 Å². The third-order valence-electron chi connectivity index (χ3n) is 2.41. The minimum Gasteiger partial charge on any atom is -0.493 e. The van der Waals surface area contributed by atoms with E-state index >= 15 is 0 Å². The second-order valence-electron chi connectivity index (χ2n) is 3.64. The fourth-order valence-electron chi connectivity index (χ4n) is 1.56. The highest BCUT2D eigenvalue weighted by atomic mass is 35.7. The lowest BCUT2D eigenvalue weighted by atomic mass is 10.3. The zero-order valence-electron chi connectivity index (χ0n) is 9.93.